The van der Waals surface area contributed by atoms with E-state index in [2.05, 4.69) is 0 Å². The Morgan fingerprint density at radius 1 is 1.67 bits per heavy atom. The summed E-state index contributed by atoms with van der Waals surface area (Å²) in [5.41, 5.74) is -0.588. The van der Waals surface area contributed by atoms with Gasteiger partial charge in [0.15, 0.2) is 0 Å². The van der Waals surface area contributed by atoms with Crippen molar-refractivity contribution in [2.24, 2.45) is 5.41 Å². The van der Waals surface area contributed by atoms with Gasteiger partial charge in [0.1, 0.15) is 0 Å². The fourth-order valence-corrected chi connectivity index (χ4v) is 1.58. The average molecular weight is 173 g/mol. The molecule has 0 aromatic carbocycles. The predicted molar refractivity (Wildman–Crippen MR) is 43.9 cm³/mol. The number of hydrogen-bond donors (Lipinski definition) is 2. The lowest BCUT2D eigenvalue weighted by atomic mass is 9.82. The number of carboxylic acid groups (broad SMARTS) is 1. The van der Waals surface area contributed by atoms with Crippen molar-refractivity contribution in [1.29, 1.82) is 0 Å². The van der Waals surface area contributed by atoms with E-state index in [0.717, 1.165) is 0 Å². The van der Waals surface area contributed by atoms with E-state index in [0.29, 0.717) is 19.6 Å². The van der Waals surface area contributed by atoms with Crippen molar-refractivity contribution < 1.29 is 15.0 Å². The number of hydrogen-bond acceptors (Lipinski definition) is 3. The zero-order valence-electron chi connectivity index (χ0n) is 7.45. The molecule has 1 unspecified atom stereocenters. The van der Waals surface area contributed by atoms with Crippen molar-refractivity contribution in [3.8, 4) is 0 Å². The smallest absolute Gasteiger partial charge is 0.311 e. The van der Waals surface area contributed by atoms with Crippen LogP contribution in [-0.2, 0) is 4.79 Å². The molecule has 1 atom stereocenters. The van der Waals surface area contributed by atoms with Gasteiger partial charge >= 0.3 is 5.97 Å². The molecule has 1 saturated heterocycles. The minimum atomic E-state index is -0.746. The van der Waals surface area contributed by atoms with E-state index in [9.17, 15) is 4.79 Å². The molecule has 12 heavy (non-hydrogen) atoms. The molecule has 4 nitrogen and oxygen atoms in total. The zero-order chi connectivity index (χ0) is 9.35. The highest BCUT2D eigenvalue weighted by molar-refractivity contribution is 5.76. The number of aliphatic carboxylic acids is 1. The summed E-state index contributed by atoms with van der Waals surface area (Å²) in [7, 11) is 0. The molecule has 0 aromatic rings. The molecule has 1 aliphatic heterocycles. The van der Waals surface area contributed by atoms with Crippen LogP contribution in [0.15, 0.2) is 0 Å². The molecule has 1 fully saturated rings. The van der Waals surface area contributed by atoms with Gasteiger partial charge in [0.2, 0.25) is 0 Å². The maximum absolute atomic E-state index is 10.6. The summed E-state index contributed by atoms with van der Waals surface area (Å²) in [6.07, 6.45) is -0.372. The van der Waals surface area contributed by atoms with Crippen molar-refractivity contribution in [3.63, 3.8) is 0 Å². The average Bonchev–Trinajstić information content (AvgIpc) is 1.82. The summed E-state index contributed by atoms with van der Waals surface area (Å²) in [5.74, 6) is -0.746. The van der Waals surface area contributed by atoms with E-state index in [1.165, 1.54) is 0 Å². The molecular formula is C8H15NO3. The van der Waals surface area contributed by atoms with Gasteiger partial charge in [0.25, 0.3) is 0 Å². The van der Waals surface area contributed by atoms with Crippen LogP contribution in [0.3, 0.4) is 0 Å². The van der Waals surface area contributed by atoms with Crippen LogP contribution in [-0.4, -0.2) is 46.8 Å². The summed E-state index contributed by atoms with van der Waals surface area (Å²) in [6.45, 7) is 5.10. The Bertz CT molecular complexity index is 185. The van der Waals surface area contributed by atoms with Crippen LogP contribution in [0.25, 0.3) is 0 Å². The lowest BCUT2D eigenvalue weighted by Gasteiger charge is -2.45. The van der Waals surface area contributed by atoms with Gasteiger partial charge in [-0.3, -0.25) is 9.69 Å². The van der Waals surface area contributed by atoms with Crippen LogP contribution in [0.5, 0.6) is 0 Å². The first-order chi connectivity index (χ1) is 5.44. The molecule has 2 N–H and O–H groups in total. The molecule has 0 spiro atoms. The summed E-state index contributed by atoms with van der Waals surface area (Å²) in [6, 6.07) is 0. The number of β-amino-alcohol motifs (C(OH)–C–C–N with tert-alkyl or cyclic N) is 1. The quantitative estimate of drug-likeness (QED) is 0.619. The Morgan fingerprint density at radius 2 is 2.17 bits per heavy atom. The van der Waals surface area contributed by atoms with Gasteiger partial charge in [-0.2, -0.15) is 0 Å². The van der Waals surface area contributed by atoms with E-state index in [1.54, 1.807) is 13.8 Å². The Kier molecular flexibility index (Phi) is 2.39. The van der Waals surface area contributed by atoms with E-state index in [4.69, 9.17) is 10.2 Å². The third-order valence-electron chi connectivity index (χ3n) is 2.18. The lowest BCUT2D eigenvalue weighted by molar-refractivity contribution is -0.159. The molecule has 4 heteroatoms. The van der Waals surface area contributed by atoms with E-state index in [-0.39, 0.29) is 6.10 Å². The highest BCUT2D eigenvalue weighted by Gasteiger charge is 2.45. The molecule has 1 aliphatic rings. The van der Waals surface area contributed by atoms with Crippen LogP contribution in [0, 0.1) is 5.41 Å². The molecule has 1 rings (SSSR count). The molecule has 0 amide bonds. The summed E-state index contributed by atoms with van der Waals surface area (Å²) in [4.78, 5) is 12.6. The normalized spacial score (nSPS) is 24.6. The fraction of sp³-hybridized carbons (Fsp3) is 0.875. The van der Waals surface area contributed by atoms with Gasteiger partial charge in [-0.1, -0.05) is 0 Å². The van der Waals surface area contributed by atoms with Gasteiger partial charge in [0, 0.05) is 19.6 Å². The number of nitrogens with zero attached hydrogens (tertiary/aromatic N) is 1. The van der Waals surface area contributed by atoms with E-state index in [1.807, 2.05) is 4.90 Å². The highest BCUT2D eigenvalue weighted by atomic mass is 16.4. The fourth-order valence-electron chi connectivity index (χ4n) is 1.58. The second kappa shape index (κ2) is 3.03. The minimum absolute atomic E-state index is 0.372. The Balaban J connectivity index is 2.32. The third-order valence-corrected chi connectivity index (χ3v) is 2.18. The second-order valence-corrected chi connectivity index (χ2v) is 3.88. The van der Waals surface area contributed by atoms with Crippen molar-refractivity contribution in [3.05, 3.63) is 0 Å². The Labute approximate surface area is 71.8 Å². The van der Waals surface area contributed by atoms with Gasteiger partial charge < -0.3 is 10.2 Å². The van der Waals surface area contributed by atoms with Crippen molar-refractivity contribution >= 4 is 5.97 Å². The summed E-state index contributed by atoms with van der Waals surface area (Å²) in [5, 5.41) is 17.8. The monoisotopic (exact) mass is 173 g/mol. The standard InChI is InChI=1S/C8H15NO3/c1-6(10)3-9-4-8(2,5-9)7(11)12/h6,10H,3-5H2,1-2H3,(H,11,12). The number of rotatable bonds is 3. The minimum Gasteiger partial charge on any atom is -0.481 e. The van der Waals surface area contributed by atoms with Crippen LogP contribution >= 0.6 is 0 Å². The molecule has 1 heterocycles. The maximum Gasteiger partial charge on any atom is 0.311 e. The van der Waals surface area contributed by atoms with Gasteiger partial charge in [-0.25, -0.2) is 0 Å². The molecule has 0 aliphatic carbocycles. The van der Waals surface area contributed by atoms with Crippen LogP contribution < -0.4 is 0 Å². The SMILES string of the molecule is CC(O)CN1CC(C)(C(=O)O)C1. The first kappa shape index (κ1) is 9.48. The van der Waals surface area contributed by atoms with Crippen molar-refractivity contribution in [1.82, 2.24) is 4.90 Å². The second-order valence-electron chi connectivity index (χ2n) is 3.88. The number of likely N-dealkylation sites (tertiary alicyclic amines) is 1. The first-order valence-corrected chi connectivity index (χ1v) is 4.08. The van der Waals surface area contributed by atoms with Crippen LogP contribution in [0.2, 0.25) is 0 Å². The first-order valence-electron chi connectivity index (χ1n) is 4.08. The molecular weight excluding hydrogens is 158 g/mol. The zero-order valence-corrected chi connectivity index (χ0v) is 7.45. The number of aliphatic hydroxyl groups is 1. The molecule has 0 saturated carbocycles. The Morgan fingerprint density at radius 3 is 2.50 bits per heavy atom. The Hall–Kier alpha value is -0.610. The van der Waals surface area contributed by atoms with Gasteiger partial charge in [0.05, 0.1) is 11.5 Å². The van der Waals surface area contributed by atoms with Crippen molar-refractivity contribution in [2.75, 3.05) is 19.6 Å². The molecule has 0 bridgehead atoms. The molecule has 70 valence electrons. The third kappa shape index (κ3) is 1.76. The maximum atomic E-state index is 10.6. The number of aliphatic hydroxyl groups excluding tert-OH is 1. The largest absolute Gasteiger partial charge is 0.481 e. The molecule has 0 aromatic heterocycles. The van der Waals surface area contributed by atoms with Crippen molar-refractivity contribution in [2.45, 2.75) is 20.0 Å². The van der Waals surface area contributed by atoms with E-state index >= 15 is 0 Å². The lowest BCUT2D eigenvalue weighted by Crippen LogP contribution is -2.59. The number of carboxylic acids is 1. The van der Waals surface area contributed by atoms with E-state index < -0.39 is 11.4 Å². The van der Waals surface area contributed by atoms with Crippen LogP contribution in [0.1, 0.15) is 13.8 Å². The number of carbonyl (C=O) groups is 1. The van der Waals surface area contributed by atoms with Gasteiger partial charge in [-0.05, 0) is 13.8 Å². The summed E-state index contributed by atoms with van der Waals surface area (Å²) < 4.78 is 0. The topological polar surface area (TPSA) is 60.8 Å². The van der Waals surface area contributed by atoms with Gasteiger partial charge in [-0.15, -0.1) is 0 Å². The van der Waals surface area contributed by atoms with Crippen LogP contribution in [0.4, 0.5) is 0 Å². The summed E-state index contributed by atoms with van der Waals surface area (Å²) >= 11 is 0. The predicted octanol–water partition coefficient (Wildman–Crippen LogP) is -0.226. The molecule has 0 radical (unpaired) electrons. The highest BCUT2D eigenvalue weighted by Crippen LogP contribution is 2.29.